The zero-order chi connectivity index (χ0) is 22.3. The SMILES string of the molecule is O=C(O)Cn1c(SCCCNC(=O)c2ccc(-c3ccccc3)cc2)nc2ccccc21. The number of thioether (sulfide) groups is 1. The maximum atomic E-state index is 12.4. The van der Waals surface area contributed by atoms with E-state index in [2.05, 4.69) is 10.3 Å². The number of aromatic nitrogens is 2. The van der Waals surface area contributed by atoms with Crippen LogP contribution in [-0.2, 0) is 11.3 Å². The van der Waals surface area contributed by atoms with Crippen molar-refractivity contribution in [2.24, 2.45) is 0 Å². The molecular formula is C25H23N3O3S. The number of para-hydroxylation sites is 2. The maximum Gasteiger partial charge on any atom is 0.323 e. The Morgan fingerprint density at radius 3 is 2.34 bits per heavy atom. The molecular weight excluding hydrogens is 422 g/mol. The van der Waals surface area contributed by atoms with Gasteiger partial charge in [-0.05, 0) is 41.8 Å². The Bertz CT molecular complexity index is 1220. The maximum absolute atomic E-state index is 12.4. The fourth-order valence-corrected chi connectivity index (χ4v) is 4.39. The van der Waals surface area contributed by atoms with Gasteiger partial charge < -0.3 is 15.0 Å². The van der Waals surface area contributed by atoms with Gasteiger partial charge in [0.15, 0.2) is 5.16 Å². The molecule has 4 rings (SSSR count). The molecule has 0 aliphatic carbocycles. The summed E-state index contributed by atoms with van der Waals surface area (Å²) in [6.45, 7) is 0.407. The first-order chi connectivity index (χ1) is 15.6. The van der Waals surface area contributed by atoms with E-state index in [9.17, 15) is 14.7 Å². The molecule has 0 aliphatic heterocycles. The van der Waals surface area contributed by atoms with Gasteiger partial charge in [-0.2, -0.15) is 0 Å². The standard InChI is InChI=1S/C25H23N3O3S/c29-23(30)17-28-22-10-5-4-9-21(22)27-25(28)32-16-6-15-26-24(31)20-13-11-19(12-14-20)18-7-2-1-3-8-18/h1-5,7-14H,6,15-17H2,(H,26,31)(H,29,30). The zero-order valence-corrected chi connectivity index (χ0v) is 18.2. The highest BCUT2D eigenvalue weighted by atomic mass is 32.2. The van der Waals surface area contributed by atoms with Crippen LogP contribution in [-0.4, -0.2) is 38.8 Å². The number of aliphatic carboxylic acids is 1. The number of carboxylic acids is 1. The predicted octanol–water partition coefficient (Wildman–Crippen LogP) is 4.70. The molecule has 0 radical (unpaired) electrons. The molecule has 0 saturated heterocycles. The molecule has 1 aromatic heterocycles. The molecule has 0 atom stereocenters. The fourth-order valence-electron chi connectivity index (χ4n) is 3.44. The summed E-state index contributed by atoms with van der Waals surface area (Å²) in [5.74, 6) is -0.288. The first kappa shape index (κ1) is 21.6. The summed E-state index contributed by atoms with van der Waals surface area (Å²) in [6, 6.07) is 25.1. The molecule has 0 unspecified atom stereocenters. The molecule has 1 amide bonds. The van der Waals surface area contributed by atoms with Crippen LogP contribution in [0.4, 0.5) is 0 Å². The molecule has 0 aliphatic rings. The van der Waals surface area contributed by atoms with Crippen LogP contribution in [0.25, 0.3) is 22.2 Å². The summed E-state index contributed by atoms with van der Waals surface area (Å²) >= 11 is 1.50. The van der Waals surface area contributed by atoms with Gasteiger partial charge in [0, 0.05) is 17.9 Å². The normalized spacial score (nSPS) is 10.9. The van der Waals surface area contributed by atoms with E-state index < -0.39 is 5.97 Å². The summed E-state index contributed by atoms with van der Waals surface area (Å²) in [5.41, 5.74) is 4.40. The molecule has 0 bridgehead atoms. The summed E-state index contributed by atoms with van der Waals surface area (Å²) in [6.07, 6.45) is 0.745. The number of hydrogen-bond acceptors (Lipinski definition) is 4. The minimum Gasteiger partial charge on any atom is -0.480 e. The molecule has 0 spiro atoms. The Kier molecular flexibility index (Phi) is 6.87. The van der Waals surface area contributed by atoms with Crippen LogP contribution in [0.1, 0.15) is 16.8 Å². The molecule has 2 N–H and O–H groups in total. The molecule has 4 aromatic rings. The number of nitrogens with one attached hydrogen (secondary N) is 1. The van der Waals surface area contributed by atoms with Gasteiger partial charge in [-0.3, -0.25) is 9.59 Å². The number of fused-ring (bicyclic) bond motifs is 1. The lowest BCUT2D eigenvalue weighted by molar-refractivity contribution is -0.137. The number of nitrogens with zero attached hydrogens (tertiary/aromatic N) is 2. The van der Waals surface area contributed by atoms with Gasteiger partial charge in [0.2, 0.25) is 0 Å². The fraction of sp³-hybridized carbons (Fsp3) is 0.160. The van der Waals surface area contributed by atoms with Gasteiger partial charge in [0.25, 0.3) is 5.91 Å². The average Bonchev–Trinajstić information content (AvgIpc) is 3.16. The third-order valence-corrected chi connectivity index (χ3v) is 6.07. The zero-order valence-electron chi connectivity index (χ0n) is 17.4. The van der Waals surface area contributed by atoms with Crippen LogP contribution in [0, 0.1) is 0 Å². The topological polar surface area (TPSA) is 84.2 Å². The lowest BCUT2D eigenvalue weighted by Gasteiger charge is -2.08. The van der Waals surface area contributed by atoms with E-state index in [1.807, 2.05) is 78.9 Å². The highest BCUT2D eigenvalue weighted by Gasteiger charge is 2.13. The first-order valence-corrected chi connectivity index (χ1v) is 11.3. The largest absolute Gasteiger partial charge is 0.480 e. The number of amides is 1. The van der Waals surface area contributed by atoms with Crippen LogP contribution in [0.3, 0.4) is 0 Å². The Morgan fingerprint density at radius 2 is 1.59 bits per heavy atom. The first-order valence-electron chi connectivity index (χ1n) is 10.4. The number of imidazole rings is 1. The highest BCUT2D eigenvalue weighted by molar-refractivity contribution is 7.99. The van der Waals surface area contributed by atoms with Crippen molar-refractivity contribution < 1.29 is 14.7 Å². The van der Waals surface area contributed by atoms with Gasteiger partial charge in [-0.1, -0.05) is 66.4 Å². The molecule has 162 valence electrons. The van der Waals surface area contributed by atoms with Crippen molar-refractivity contribution in [3.8, 4) is 11.1 Å². The van der Waals surface area contributed by atoms with Gasteiger partial charge >= 0.3 is 5.97 Å². The second-order valence-corrected chi connectivity index (χ2v) is 8.33. The summed E-state index contributed by atoms with van der Waals surface area (Å²) < 4.78 is 1.72. The number of benzene rings is 3. The average molecular weight is 446 g/mol. The van der Waals surface area contributed by atoms with E-state index in [4.69, 9.17) is 0 Å². The second-order valence-electron chi connectivity index (χ2n) is 7.26. The van der Waals surface area contributed by atoms with E-state index in [1.54, 1.807) is 4.57 Å². The third kappa shape index (κ3) is 5.18. The quantitative estimate of drug-likeness (QED) is 0.288. The van der Waals surface area contributed by atoms with Gasteiger partial charge in [0.1, 0.15) is 6.54 Å². The van der Waals surface area contributed by atoms with Crippen molar-refractivity contribution in [3.05, 3.63) is 84.4 Å². The van der Waals surface area contributed by atoms with Gasteiger partial charge in [-0.15, -0.1) is 0 Å². The van der Waals surface area contributed by atoms with Crippen molar-refractivity contribution in [1.82, 2.24) is 14.9 Å². The van der Waals surface area contributed by atoms with Crippen molar-refractivity contribution >= 4 is 34.7 Å². The monoisotopic (exact) mass is 445 g/mol. The Labute approximate surface area is 190 Å². The van der Waals surface area contributed by atoms with Crippen molar-refractivity contribution in [3.63, 3.8) is 0 Å². The smallest absolute Gasteiger partial charge is 0.323 e. The second kappa shape index (κ2) is 10.2. The molecule has 0 saturated carbocycles. The third-order valence-electron chi connectivity index (χ3n) is 5.00. The van der Waals surface area contributed by atoms with E-state index in [0.29, 0.717) is 17.3 Å². The summed E-state index contributed by atoms with van der Waals surface area (Å²) in [7, 11) is 0. The Morgan fingerprint density at radius 1 is 0.906 bits per heavy atom. The van der Waals surface area contributed by atoms with Crippen LogP contribution in [0.5, 0.6) is 0 Å². The van der Waals surface area contributed by atoms with Crippen molar-refractivity contribution in [2.75, 3.05) is 12.3 Å². The lowest BCUT2D eigenvalue weighted by atomic mass is 10.0. The Balaban J connectivity index is 1.28. The van der Waals surface area contributed by atoms with E-state index >= 15 is 0 Å². The molecule has 0 fully saturated rings. The number of rotatable bonds is 9. The summed E-state index contributed by atoms with van der Waals surface area (Å²) in [4.78, 5) is 28.2. The van der Waals surface area contributed by atoms with Gasteiger partial charge in [0.05, 0.1) is 11.0 Å². The van der Waals surface area contributed by atoms with Gasteiger partial charge in [-0.25, -0.2) is 4.98 Å². The Hall–Kier alpha value is -3.58. The highest BCUT2D eigenvalue weighted by Crippen LogP contribution is 2.24. The molecule has 32 heavy (non-hydrogen) atoms. The van der Waals surface area contributed by atoms with Crippen LogP contribution in [0.15, 0.2) is 84.0 Å². The number of hydrogen-bond donors (Lipinski definition) is 2. The minimum absolute atomic E-state index is 0.104. The molecule has 3 aromatic carbocycles. The van der Waals surface area contributed by atoms with Crippen LogP contribution in [0.2, 0.25) is 0 Å². The minimum atomic E-state index is -0.902. The van der Waals surface area contributed by atoms with Crippen LogP contribution >= 0.6 is 11.8 Å². The molecule has 6 nitrogen and oxygen atoms in total. The van der Waals surface area contributed by atoms with E-state index in [-0.39, 0.29) is 12.5 Å². The molecule has 7 heteroatoms. The number of carboxylic acid groups (broad SMARTS) is 1. The summed E-state index contributed by atoms with van der Waals surface area (Å²) in [5, 5.41) is 12.8. The lowest BCUT2D eigenvalue weighted by Crippen LogP contribution is -2.24. The molecule has 1 heterocycles. The number of carbonyl (C=O) groups excluding carboxylic acids is 1. The predicted molar refractivity (Wildman–Crippen MR) is 127 cm³/mol. The van der Waals surface area contributed by atoms with E-state index in [1.165, 1.54) is 11.8 Å². The van der Waals surface area contributed by atoms with E-state index in [0.717, 1.165) is 34.3 Å². The van der Waals surface area contributed by atoms with Crippen LogP contribution < -0.4 is 5.32 Å². The number of carbonyl (C=O) groups is 2. The van der Waals surface area contributed by atoms with Crippen molar-refractivity contribution in [2.45, 2.75) is 18.1 Å². The van der Waals surface area contributed by atoms with Crippen molar-refractivity contribution in [1.29, 1.82) is 0 Å².